The van der Waals surface area contributed by atoms with Gasteiger partial charge >= 0.3 is 0 Å². The van der Waals surface area contributed by atoms with E-state index >= 15 is 0 Å². The molecule has 1 aromatic carbocycles. The Morgan fingerprint density at radius 2 is 2.05 bits per heavy atom. The van der Waals surface area contributed by atoms with Crippen molar-refractivity contribution in [2.45, 2.75) is 19.3 Å². The molecular formula is C15H21N3O3. The molecule has 1 aliphatic heterocycles. The summed E-state index contributed by atoms with van der Waals surface area (Å²) in [5.41, 5.74) is 6.67. The summed E-state index contributed by atoms with van der Waals surface area (Å²) in [6, 6.07) is 5.61. The molecule has 0 saturated heterocycles. The average Bonchev–Trinajstić information content (AvgIpc) is 3.29. The number of nitrogens with two attached hydrogens (primary N) is 1. The van der Waals surface area contributed by atoms with E-state index in [0.29, 0.717) is 25.7 Å². The zero-order chi connectivity index (χ0) is 14.7. The van der Waals surface area contributed by atoms with Crippen LogP contribution in [-0.4, -0.2) is 37.4 Å². The van der Waals surface area contributed by atoms with Crippen molar-refractivity contribution in [1.82, 2.24) is 0 Å². The number of anilines is 1. The van der Waals surface area contributed by atoms with Gasteiger partial charge in [-0.25, -0.2) is 0 Å². The van der Waals surface area contributed by atoms with Gasteiger partial charge < -0.3 is 25.6 Å². The summed E-state index contributed by atoms with van der Waals surface area (Å²) in [6.07, 6.45) is 2.92. The van der Waals surface area contributed by atoms with Crippen molar-refractivity contribution in [3.8, 4) is 11.5 Å². The molecule has 1 saturated carbocycles. The Morgan fingerprint density at radius 3 is 2.76 bits per heavy atom. The number of aliphatic hydroxyl groups excluding tert-OH is 1. The lowest BCUT2D eigenvalue weighted by molar-refractivity contribution is 0.217. The SMILES string of the molecule is NC(=NCC1(CO)CC1)Nc1ccc2c(c1)OCCCO2. The number of guanidine groups is 1. The average molecular weight is 291 g/mol. The molecule has 0 unspecified atom stereocenters. The fourth-order valence-corrected chi connectivity index (χ4v) is 2.22. The maximum atomic E-state index is 9.26. The number of rotatable bonds is 4. The van der Waals surface area contributed by atoms with Gasteiger partial charge in [0, 0.05) is 23.6 Å². The van der Waals surface area contributed by atoms with Gasteiger partial charge in [-0.3, -0.25) is 4.99 Å². The van der Waals surface area contributed by atoms with E-state index in [0.717, 1.165) is 36.4 Å². The van der Waals surface area contributed by atoms with E-state index in [2.05, 4.69) is 10.3 Å². The van der Waals surface area contributed by atoms with Crippen LogP contribution in [0, 0.1) is 5.41 Å². The molecule has 114 valence electrons. The number of aliphatic imine (C=N–C) groups is 1. The molecular weight excluding hydrogens is 270 g/mol. The molecule has 3 rings (SSSR count). The van der Waals surface area contributed by atoms with E-state index in [1.807, 2.05) is 18.2 Å². The summed E-state index contributed by atoms with van der Waals surface area (Å²) in [5.74, 6) is 1.83. The minimum absolute atomic E-state index is 0.0307. The van der Waals surface area contributed by atoms with E-state index in [1.165, 1.54) is 0 Å². The number of aliphatic hydroxyl groups is 1. The third-order valence-corrected chi connectivity index (χ3v) is 3.90. The second-order valence-corrected chi connectivity index (χ2v) is 5.70. The van der Waals surface area contributed by atoms with Crippen LogP contribution in [0.2, 0.25) is 0 Å². The molecule has 1 aromatic rings. The van der Waals surface area contributed by atoms with E-state index in [4.69, 9.17) is 15.2 Å². The number of nitrogens with one attached hydrogen (secondary N) is 1. The summed E-state index contributed by atoms with van der Waals surface area (Å²) < 4.78 is 11.2. The highest BCUT2D eigenvalue weighted by molar-refractivity contribution is 5.92. The molecule has 21 heavy (non-hydrogen) atoms. The minimum atomic E-state index is -0.0307. The van der Waals surface area contributed by atoms with Crippen LogP contribution in [-0.2, 0) is 0 Å². The Morgan fingerprint density at radius 1 is 1.29 bits per heavy atom. The molecule has 1 heterocycles. The van der Waals surface area contributed by atoms with Gasteiger partial charge in [0.05, 0.1) is 26.4 Å². The van der Waals surface area contributed by atoms with Crippen LogP contribution in [0.3, 0.4) is 0 Å². The van der Waals surface area contributed by atoms with Crippen molar-refractivity contribution < 1.29 is 14.6 Å². The number of ether oxygens (including phenoxy) is 2. The van der Waals surface area contributed by atoms with Crippen LogP contribution >= 0.6 is 0 Å². The molecule has 0 aromatic heterocycles. The first-order valence-corrected chi connectivity index (χ1v) is 7.28. The number of hydrogen-bond donors (Lipinski definition) is 3. The fourth-order valence-electron chi connectivity index (χ4n) is 2.22. The maximum Gasteiger partial charge on any atom is 0.193 e. The summed E-state index contributed by atoms with van der Waals surface area (Å²) in [7, 11) is 0. The quantitative estimate of drug-likeness (QED) is 0.575. The molecule has 0 spiro atoms. The lowest BCUT2D eigenvalue weighted by Crippen LogP contribution is -2.24. The van der Waals surface area contributed by atoms with Crippen LogP contribution in [0.15, 0.2) is 23.2 Å². The molecule has 0 amide bonds. The van der Waals surface area contributed by atoms with E-state index in [9.17, 15) is 5.11 Å². The van der Waals surface area contributed by atoms with Crippen LogP contribution < -0.4 is 20.5 Å². The minimum Gasteiger partial charge on any atom is -0.490 e. The third kappa shape index (κ3) is 3.39. The number of fused-ring (bicyclic) bond motifs is 1. The summed E-state index contributed by atoms with van der Waals surface area (Å²) in [4.78, 5) is 4.31. The van der Waals surface area contributed by atoms with Crippen molar-refractivity contribution in [2.75, 3.05) is 31.7 Å². The Balaban J connectivity index is 1.64. The second kappa shape index (κ2) is 5.81. The van der Waals surface area contributed by atoms with Crippen LogP contribution in [0.4, 0.5) is 5.69 Å². The van der Waals surface area contributed by atoms with Crippen molar-refractivity contribution in [3.63, 3.8) is 0 Å². The second-order valence-electron chi connectivity index (χ2n) is 5.70. The predicted molar refractivity (Wildman–Crippen MR) is 80.9 cm³/mol. The highest BCUT2D eigenvalue weighted by Crippen LogP contribution is 2.45. The van der Waals surface area contributed by atoms with E-state index < -0.39 is 0 Å². The Bertz CT molecular complexity index is 541. The van der Waals surface area contributed by atoms with Gasteiger partial charge in [-0.1, -0.05) is 0 Å². The molecule has 1 aliphatic carbocycles. The standard InChI is InChI=1S/C15H21N3O3/c16-14(17-9-15(10-19)4-5-15)18-11-2-3-12-13(8-11)21-7-1-6-20-12/h2-3,8,19H,1,4-7,9-10H2,(H3,16,17,18). The van der Waals surface area contributed by atoms with Gasteiger partial charge in [-0.15, -0.1) is 0 Å². The first-order valence-electron chi connectivity index (χ1n) is 7.28. The third-order valence-electron chi connectivity index (χ3n) is 3.90. The zero-order valence-electron chi connectivity index (χ0n) is 12.0. The first kappa shape index (κ1) is 14.0. The Kier molecular flexibility index (Phi) is 3.88. The highest BCUT2D eigenvalue weighted by Gasteiger charge is 2.41. The molecule has 0 atom stereocenters. The Labute approximate surface area is 124 Å². The maximum absolute atomic E-state index is 9.26. The molecule has 0 radical (unpaired) electrons. The molecule has 2 aliphatic rings. The summed E-state index contributed by atoms with van der Waals surface area (Å²) in [6.45, 7) is 2.06. The predicted octanol–water partition coefficient (Wildman–Crippen LogP) is 1.35. The normalized spacial score (nSPS) is 19.8. The molecule has 0 bridgehead atoms. The molecule has 4 N–H and O–H groups in total. The topological polar surface area (TPSA) is 89.1 Å². The monoisotopic (exact) mass is 291 g/mol. The van der Waals surface area contributed by atoms with Crippen LogP contribution in [0.25, 0.3) is 0 Å². The first-order chi connectivity index (χ1) is 10.2. The summed E-state index contributed by atoms with van der Waals surface area (Å²) in [5, 5.41) is 12.3. The molecule has 6 nitrogen and oxygen atoms in total. The zero-order valence-corrected chi connectivity index (χ0v) is 12.0. The van der Waals surface area contributed by atoms with Crippen molar-refractivity contribution in [1.29, 1.82) is 0 Å². The van der Waals surface area contributed by atoms with Gasteiger partial charge in [-0.05, 0) is 25.0 Å². The largest absolute Gasteiger partial charge is 0.490 e. The van der Waals surface area contributed by atoms with E-state index in [-0.39, 0.29) is 12.0 Å². The summed E-state index contributed by atoms with van der Waals surface area (Å²) >= 11 is 0. The van der Waals surface area contributed by atoms with Gasteiger partial charge in [0.1, 0.15) is 0 Å². The number of benzene rings is 1. The Hall–Kier alpha value is -1.95. The number of nitrogens with zero attached hydrogens (tertiary/aromatic N) is 1. The lowest BCUT2D eigenvalue weighted by Gasteiger charge is -2.12. The van der Waals surface area contributed by atoms with Crippen LogP contribution in [0.5, 0.6) is 11.5 Å². The van der Waals surface area contributed by atoms with E-state index in [1.54, 1.807) is 0 Å². The highest BCUT2D eigenvalue weighted by atomic mass is 16.5. The fraction of sp³-hybridized carbons (Fsp3) is 0.533. The van der Waals surface area contributed by atoms with Crippen molar-refractivity contribution in [3.05, 3.63) is 18.2 Å². The molecule has 6 heteroatoms. The smallest absolute Gasteiger partial charge is 0.193 e. The van der Waals surface area contributed by atoms with Crippen LogP contribution in [0.1, 0.15) is 19.3 Å². The number of hydrogen-bond acceptors (Lipinski definition) is 4. The van der Waals surface area contributed by atoms with Gasteiger partial charge in [0.25, 0.3) is 0 Å². The van der Waals surface area contributed by atoms with Crippen molar-refractivity contribution in [2.24, 2.45) is 16.1 Å². The van der Waals surface area contributed by atoms with Gasteiger partial charge in [-0.2, -0.15) is 0 Å². The van der Waals surface area contributed by atoms with Crippen molar-refractivity contribution >= 4 is 11.6 Å². The molecule has 1 fully saturated rings. The van der Waals surface area contributed by atoms with Gasteiger partial charge in [0.15, 0.2) is 17.5 Å². The van der Waals surface area contributed by atoms with Gasteiger partial charge in [0.2, 0.25) is 0 Å². The lowest BCUT2D eigenvalue weighted by atomic mass is 10.1.